The largest absolute Gasteiger partial charge is 0.478 e. The van der Waals surface area contributed by atoms with Crippen LogP contribution in [0.15, 0.2) is 34.7 Å². The highest BCUT2D eigenvalue weighted by Crippen LogP contribution is 2.17. The predicted octanol–water partition coefficient (Wildman–Crippen LogP) is 3.45. The van der Waals surface area contributed by atoms with Gasteiger partial charge in [0.1, 0.15) is 17.1 Å². The fraction of sp³-hybridized carbons (Fsp3) is 0.312. The molecule has 4 nitrogen and oxygen atoms in total. The second kappa shape index (κ2) is 5.92. The quantitative estimate of drug-likeness (QED) is 0.876. The van der Waals surface area contributed by atoms with Crippen molar-refractivity contribution in [1.82, 2.24) is 5.32 Å². The van der Waals surface area contributed by atoms with Crippen LogP contribution in [0.2, 0.25) is 0 Å². The standard InChI is InChI=1S/C16H19NO3/c1-10-4-6-13(7-5-10)11(2)17-9-14-8-15(16(18)19)12(3)20-14/h4-8,11,17H,9H2,1-3H3,(H,18,19)/t11-/m0/s1. The molecule has 4 heteroatoms. The molecule has 0 aliphatic heterocycles. The van der Waals surface area contributed by atoms with E-state index in [0.29, 0.717) is 18.1 Å². The van der Waals surface area contributed by atoms with E-state index < -0.39 is 5.97 Å². The summed E-state index contributed by atoms with van der Waals surface area (Å²) >= 11 is 0. The molecule has 0 unspecified atom stereocenters. The summed E-state index contributed by atoms with van der Waals surface area (Å²) in [5.74, 6) is 0.125. The molecule has 2 rings (SSSR count). The van der Waals surface area contributed by atoms with Gasteiger partial charge in [0.05, 0.1) is 6.54 Å². The van der Waals surface area contributed by atoms with Gasteiger partial charge in [0.25, 0.3) is 0 Å². The molecule has 1 heterocycles. The number of aryl methyl sites for hydroxylation is 2. The van der Waals surface area contributed by atoms with E-state index in [0.717, 1.165) is 0 Å². The molecule has 2 N–H and O–H groups in total. The third-order valence-corrected chi connectivity index (χ3v) is 3.36. The van der Waals surface area contributed by atoms with Crippen molar-refractivity contribution >= 4 is 5.97 Å². The number of hydrogen-bond donors (Lipinski definition) is 2. The Balaban J connectivity index is 1.99. The Morgan fingerprint density at radius 1 is 1.30 bits per heavy atom. The van der Waals surface area contributed by atoms with Crippen molar-refractivity contribution in [3.8, 4) is 0 Å². The van der Waals surface area contributed by atoms with Gasteiger partial charge in [0.2, 0.25) is 0 Å². The van der Waals surface area contributed by atoms with Gasteiger partial charge in [-0.25, -0.2) is 4.79 Å². The molecule has 106 valence electrons. The number of rotatable bonds is 5. The minimum absolute atomic E-state index is 0.175. The first-order valence-corrected chi connectivity index (χ1v) is 6.60. The minimum atomic E-state index is -0.955. The summed E-state index contributed by atoms with van der Waals surface area (Å²) in [7, 11) is 0. The maximum Gasteiger partial charge on any atom is 0.339 e. The summed E-state index contributed by atoms with van der Waals surface area (Å²) in [4.78, 5) is 10.9. The van der Waals surface area contributed by atoms with Crippen molar-refractivity contribution in [2.24, 2.45) is 0 Å². The van der Waals surface area contributed by atoms with Gasteiger partial charge in [-0.15, -0.1) is 0 Å². The number of hydrogen-bond acceptors (Lipinski definition) is 3. The van der Waals surface area contributed by atoms with E-state index in [1.165, 1.54) is 11.1 Å². The SMILES string of the molecule is Cc1ccc([C@H](C)NCc2cc(C(=O)O)c(C)o2)cc1. The molecule has 1 aromatic carbocycles. The molecule has 2 aromatic rings. The first-order valence-electron chi connectivity index (χ1n) is 6.60. The fourth-order valence-electron chi connectivity index (χ4n) is 2.07. The number of furan rings is 1. The zero-order valence-corrected chi connectivity index (χ0v) is 11.9. The van der Waals surface area contributed by atoms with Gasteiger partial charge in [-0.05, 0) is 32.4 Å². The van der Waals surface area contributed by atoms with Crippen LogP contribution in [-0.2, 0) is 6.54 Å². The predicted molar refractivity (Wildman–Crippen MR) is 76.8 cm³/mol. The Labute approximate surface area is 118 Å². The van der Waals surface area contributed by atoms with E-state index in [9.17, 15) is 4.79 Å². The summed E-state index contributed by atoms with van der Waals surface area (Å²) in [6, 6.07) is 10.1. The van der Waals surface area contributed by atoms with Gasteiger partial charge in [-0.3, -0.25) is 0 Å². The highest BCUT2D eigenvalue weighted by Gasteiger charge is 2.14. The first kappa shape index (κ1) is 14.3. The number of carboxylic acids is 1. The van der Waals surface area contributed by atoms with Crippen LogP contribution in [0.25, 0.3) is 0 Å². The van der Waals surface area contributed by atoms with Crippen LogP contribution in [0.3, 0.4) is 0 Å². The first-order chi connectivity index (χ1) is 9.47. The van der Waals surface area contributed by atoms with Gasteiger partial charge < -0.3 is 14.8 Å². The maximum absolute atomic E-state index is 10.9. The van der Waals surface area contributed by atoms with E-state index in [1.54, 1.807) is 13.0 Å². The van der Waals surface area contributed by atoms with E-state index in [1.807, 2.05) is 0 Å². The Morgan fingerprint density at radius 2 is 1.95 bits per heavy atom. The number of carbonyl (C=O) groups is 1. The van der Waals surface area contributed by atoms with Crippen LogP contribution < -0.4 is 5.32 Å². The van der Waals surface area contributed by atoms with Gasteiger partial charge >= 0.3 is 5.97 Å². The van der Waals surface area contributed by atoms with Crippen LogP contribution in [0.5, 0.6) is 0 Å². The molecular weight excluding hydrogens is 254 g/mol. The number of aromatic carboxylic acids is 1. The molecule has 0 aliphatic rings. The highest BCUT2D eigenvalue weighted by atomic mass is 16.4. The van der Waals surface area contributed by atoms with E-state index in [-0.39, 0.29) is 11.6 Å². The van der Waals surface area contributed by atoms with Crippen LogP contribution in [0.1, 0.15) is 46.0 Å². The second-order valence-electron chi connectivity index (χ2n) is 5.00. The Bertz CT molecular complexity index is 599. The van der Waals surface area contributed by atoms with Gasteiger partial charge in [-0.1, -0.05) is 29.8 Å². The Morgan fingerprint density at radius 3 is 2.50 bits per heavy atom. The summed E-state index contributed by atoms with van der Waals surface area (Å²) in [5.41, 5.74) is 2.65. The van der Waals surface area contributed by atoms with E-state index >= 15 is 0 Å². The summed E-state index contributed by atoms with van der Waals surface area (Å²) in [5, 5.41) is 12.3. The molecule has 20 heavy (non-hydrogen) atoms. The molecule has 0 fully saturated rings. The zero-order valence-electron chi connectivity index (χ0n) is 11.9. The molecule has 0 aliphatic carbocycles. The fourth-order valence-corrected chi connectivity index (χ4v) is 2.07. The van der Waals surface area contributed by atoms with Crippen molar-refractivity contribution in [3.05, 3.63) is 58.5 Å². The molecule has 1 aromatic heterocycles. The lowest BCUT2D eigenvalue weighted by Crippen LogP contribution is -2.17. The average Bonchev–Trinajstić information content (AvgIpc) is 2.78. The van der Waals surface area contributed by atoms with Crippen molar-refractivity contribution in [3.63, 3.8) is 0 Å². The van der Waals surface area contributed by atoms with E-state index in [4.69, 9.17) is 9.52 Å². The lowest BCUT2D eigenvalue weighted by Gasteiger charge is -2.13. The molecule has 0 saturated carbocycles. The molecule has 0 spiro atoms. The third-order valence-electron chi connectivity index (χ3n) is 3.36. The maximum atomic E-state index is 10.9. The van der Waals surface area contributed by atoms with Gasteiger partial charge in [0, 0.05) is 6.04 Å². The average molecular weight is 273 g/mol. The van der Waals surface area contributed by atoms with Gasteiger partial charge in [0.15, 0.2) is 0 Å². The third kappa shape index (κ3) is 3.27. The van der Waals surface area contributed by atoms with Crippen molar-refractivity contribution in [2.75, 3.05) is 0 Å². The molecule has 0 bridgehead atoms. The summed E-state index contributed by atoms with van der Waals surface area (Å²) in [6.45, 7) is 6.29. The lowest BCUT2D eigenvalue weighted by molar-refractivity contribution is 0.0695. The van der Waals surface area contributed by atoms with Crippen LogP contribution in [-0.4, -0.2) is 11.1 Å². The van der Waals surface area contributed by atoms with Crippen molar-refractivity contribution in [2.45, 2.75) is 33.4 Å². The van der Waals surface area contributed by atoms with Gasteiger partial charge in [-0.2, -0.15) is 0 Å². The van der Waals surface area contributed by atoms with E-state index in [2.05, 4.69) is 43.4 Å². The van der Waals surface area contributed by atoms with Crippen LogP contribution in [0.4, 0.5) is 0 Å². The molecule has 0 amide bonds. The molecule has 0 radical (unpaired) electrons. The molecule has 1 atom stereocenters. The lowest BCUT2D eigenvalue weighted by atomic mass is 10.1. The van der Waals surface area contributed by atoms with Crippen LogP contribution >= 0.6 is 0 Å². The summed E-state index contributed by atoms with van der Waals surface area (Å²) < 4.78 is 5.44. The smallest absolute Gasteiger partial charge is 0.339 e. The highest BCUT2D eigenvalue weighted by molar-refractivity contribution is 5.88. The topological polar surface area (TPSA) is 62.5 Å². The Hall–Kier alpha value is -2.07. The van der Waals surface area contributed by atoms with Crippen molar-refractivity contribution in [1.29, 1.82) is 0 Å². The minimum Gasteiger partial charge on any atom is -0.478 e. The van der Waals surface area contributed by atoms with Crippen LogP contribution in [0, 0.1) is 13.8 Å². The number of nitrogens with one attached hydrogen (secondary N) is 1. The molecular formula is C16H19NO3. The molecule has 0 saturated heterocycles. The summed E-state index contributed by atoms with van der Waals surface area (Å²) in [6.07, 6.45) is 0. The zero-order chi connectivity index (χ0) is 14.7. The van der Waals surface area contributed by atoms with Crippen molar-refractivity contribution < 1.29 is 14.3 Å². The second-order valence-corrected chi connectivity index (χ2v) is 5.00. The normalized spacial score (nSPS) is 12.3. The number of benzene rings is 1. The monoisotopic (exact) mass is 273 g/mol. The number of carboxylic acid groups (broad SMARTS) is 1. The Kier molecular flexibility index (Phi) is 4.25.